The second-order valence-corrected chi connectivity index (χ2v) is 18.9. The first-order valence-corrected chi connectivity index (χ1v) is 25.1. The summed E-state index contributed by atoms with van der Waals surface area (Å²) in [6, 6.07) is -6.16. The molecule has 4 amide bonds. The Labute approximate surface area is 414 Å². The Morgan fingerprint density at radius 2 is 0.732 bits per heavy atom. The van der Waals surface area contributed by atoms with E-state index in [1.165, 1.54) is 51.4 Å². The van der Waals surface area contributed by atoms with Crippen molar-refractivity contribution < 1.29 is 103 Å². The number of nitrogens with one attached hydrogen (secondary N) is 4. The minimum Gasteiger partial charge on any atom is -0.394 e. The zero-order valence-electron chi connectivity index (χ0n) is 41.2. The van der Waals surface area contributed by atoms with Crippen molar-refractivity contribution in [2.24, 2.45) is 0 Å². The fourth-order valence-electron chi connectivity index (χ4n) is 9.50. The molecule has 4 heterocycles. The van der Waals surface area contributed by atoms with Crippen LogP contribution in [0.15, 0.2) is 0 Å². The lowest BCUT2D eigenvalue weighted by Gasteiger charge is -2.51. The van der Waals surface area contributed by atoms with Crippen molar-refractivity contribution in [3.63, 3.8) is 0 Å². The van der Waals surface area contributed by atoms with Crippen molar-refractivity contribution in [2.75, 3.05) is 26.4 Å². The lowest BCUT2D eigenvalue weighted by atomic mass is 9.93. The molecule has 0 radical (unpaired) electrons. The first-order valence-electron chi connectivity index (χ1n) is 25.1. The second-order valence-electron chi connectivity index (χ2n) is 18.9. The van der Waals surface area contributed by atoms with Gasteiger partial charge in [0.05, 0.1) is 26.4 Å². The number of carbonyl (C=O) groups is 4. The highest BCUT2D eigenvalue weighted by Crippen LogP contribution is 2.34. The van der Waals surface area contributed by atoms with E-state index in [-0.39, 0.29) is 6.42 Å². The maximum Gasteiger partial charge on any atom is 0.220 e. The van der Waals surface area contributed by atoms with E-state index in [2.05, 4.69) is 28.2 Å². The van der Waals surface area contributed by atoms with Crippen molar-refractivity contribution in [2.45, 2.75) is 240 Å². The molecule has 14 N–H and O–H groups in total. The van der Waals surface area contributed by atoms with Crippen molar-refractivity contribution in [3.05, 3.63) is 0 Å². The number of hydrogen-bond acceptors (Lipinski definition) is 21. The summed E-state index contributed by atoms with van der Waals surface area (Å²) in [7, 11) is 0. The molecule has 0 aromatic carbocycles. The Kier molecular flexibility index (Phi) is 26.1. The van der Waals surface area contributed by atoms with Gasteiger partial charge in [0.1, 0.15) is 97.4 Å². The highest BCUT2D eigenvalue weighted by Gasteiger charge is 2.56. The highest BCUT2D eigenvalue weighted by molar-refractivity contribution is 5.76. The van der Waals surface area contributed by atoms with Gasteiger partial charge in [-0.05, 0) is 6.42 Å². The van der Waals surface area contributed by atoms with Crippen LogP contribution in [0.3, 0.4) is 0 Å². The summed E-state index contributed by atoms with van der Waals surface area (Å²) in [4.78, 5) is 50.2. The van der Waals surface area contributed by atoms with Gasteiger partial charge in [0.15, 0.2) is 25.2 Å². The normalized spacial score (nSPS) is 37.5. The van der Waals surface area contributed by atoms with Gasteiger partial charge in [-0.1, -0.05) is 84.0 Å². The number of amides is 4. The second kappa shape index (κ2) is 30.5. The molecule has 1 unspecified atom stereocenters. The van der Waals surface area contributed by atoms with E-state index >= 15 is 0 Å². The number of aliphatic hydroxyl groups excluding tert-OH is 10. The van der Waals surface area contributed by atoms with E-state index in [0.717, 1.165) is 46.5 Å². The molecule has 4 fully saturated rings. The van der Waals surface area contributed by atoms with Crippen molar-refractivity contribution in [3.8, 4) is 0 Å². The third kappa shape index (κ3) is 17.4. The van der Waals surface area contributed by atoms with Gasteiger partial charge in [-0.3, -0.25) is 19.2 Å². The van der Waals surface area contributed by atoms with Gasteiger partial charge in [0.25, 0.3) is 0 Å². The summed E-state index contributed by atoms with van der Waals surface area (Å²) in [6.07, 6.45) is -12.5. The first-order chi connectivity index (χ1) is 33.9. The molecule has 0 aromatic rings. The van der Waals surface area contributed by atoms with E-state index < -0.39 is 173 Å². The molecule has 20 atom stereocenters. The van der Waals surface area contributed by atoms with Crippen LogP contribution in [0.2, 0.25) is 0 Å². The average Bonchev–Trinajstić information content (AvgIpc) is 3.32. The molecule has 4 aliphatic rings. The van der Waals surface area contributed by atoms with Crippen LogP contribution in [0, 0.1) is 0 Å². The Balaban J connectivity index is 1.46. The van der Waals surface area contributed by atoms with Gasteiger partial charge in [0, 0.05) is 27.2 Å². The van der Waals surface area contributed by atoms with Crippen LogP contribution in [0.1, 0.15) is 118 Å². The van der Waals surface area contributed by atoms with Gasteiger partial charge >= 0.3 is 0 Å². The number of hydrogen-bond donors (Lipinski definition) is 14. The molecule has 0 aliphatic carbocycles. The number of aliphatic hydroxyl groups is 10. The fraction of sp³-hybridized carbons (Fsp3) is 0.913. The first kappa shape index (κ1) is 60.8. The molecule has 25 heteroatoms. The van der Waals surface area contributed by atoms with E-state index in [4.69, 9.17) is 33.2 Å². The van der Waals surface area contributed by atoms with Crippen LogP contribution in [-0.2, 0) is 52.3 Å². The SMILES string of the molecule is CCCCCCCCCCCCCCCC(=O)N[C@H]1[C@H](O[C@H]2[C@H](O)[C@@H](NC(C)=O)[C@H](O[C@H]3[C@H](O)[C@@H](NC(C)=O)[C@H](O[C@H]4[C@H](O)[C@@H](NC(C)=O)C(O)O[C@@H]4CO)O[C@@H]3CO)O[C@@H]2CO)O[C@H](CO)[C@@H](O)[C@@H]1O. The van der Waals surface area contributed by atoms with Crippen LogP contribution < -0.4 is 21.3 Å². The third-order valence-electron chi connectivity index (χ3n) is 13.3. The molecule has 0 bridgehead atoms. The lowest BCUT2D eigenvalue weighted by Crippen LogP contribution is -2.71. The summed E-state index contributed by atoms with van der Waals surface area (Å²) in [5, 5.41) is 118. The topological polar surface area (TPSA) is 383 Å². The maximum absolute atomic E-state index is 13.3. The van der Waals surface area contributed by atoms with Crippen LogP contribution in [0.25, 0.3) is 0 Å². The van der Waals surface area contributed by atoms with Crippen LogP contribution in [-0.4, -0.2) is 224 Å². The molecule has 4 aliphatic heterocycles. The maximum atomic E-state index is 13.3. The Bertz CT molecular complexity index is 1610. The molecular weight excluding hydrogens is 945 g/mol. The summed E-state index contributed by atoms with van der Waals surface area (Å²) >= 11 is 0. The van der Waals surface area contributed by atoms with E-state index in [1.807, 2.05) is 0 Å². The smallest absolute Gasteiger partial charge is 0.220 e. The predicted octanol–water partition coefficient (Wildman–Crippen LogP) is -3.71. The van der Waals surface area contributed by atoms with Gasteiger partial charge in [0.2, 0.25) is 23.6 Å². The molecule has 4 rings (SSSR count). The van der Waals surface area contributed by atoms with E-state index in [0.29, 0.717) is 6.42 Å². The fourth-order valence-corrected chi connectivity index (χ4v) is 9.50. The number of carbonyl (C=O) groups excluding carboxylic acids is 4. The van der Waals surface area contributed by atoms with E-state index in [1.54, 1.807) is 0 Å². The van der Waals surface area contributed by atoms with Gasteiger partial charge < -0.3 is 105 Å². The van der Waals surface area contributed by atoms with Crippen LogP contribution >= 0.6 is 0 Å². The summed E-state index contributed by atoms with van der Waals surface area (Å²) in [6.45, 7) is 2.05. The summed E-state index contributed by atoms with van der Waals surface area (Å²) < 4.78 is 41.4. The molecule has 25 nitrogen and oxygen atoms in total. The summed E-state index contributed by atoms with van der Waals surface area (Å²) in [5.74, 6) is -2.64. The van der Waals surface area contributed by atoms with Crippen LogP contribution in [0.4, 0.5) is 0 Å². The van der Waals surface area contributed by atoms with Gasteiger partial charge in [-0.25, -0.2) is 0 Å². The quantitative estimate of drug-likeness (QED) is 0.0335. The highest BCUT2D eigenvalue weighted by atomic mass is 16.8. The zero-order chi connectivity index (χ0) is 52.4. The molecule has 412 valence electrons. The molecule has 0 saturated carbocycles. The third-order valence-corrected chi connectivity index (χ3v) is 13.3. The molecule has 0 spiro atoms. The minimum atomic E-state index is -1.90. The van der Waals surface area contributed by atoms with Crippen molar-refractivity contribution in [1.29, 1.82) is 0 Å². The molecule has 0 aromatic heterocycles. The number of rotatable bonds is 28. The Morgan fingerprint density at radius 3 is 1.11 bits per heavy atom. The predicted molar refractivity (Wildman–Crippen MR) is 245 cm³/mol. The van der Waals surface area contributed by atoms with Crippen molar-refractivity contribution >= 4 is 23.6 Å². The number of unbranched alkanes of at least 4 members (excludes halogenated alkanes) is 12. The van der Waals surface area contributed by atoms with E-state index in [9.17, 15) is 70.2 Å². The van der Waals surface area contributed by atoms with Crippen molar-refractivity contribution in [1.82, 2.24) is 21.3 Å². The Morgan fingerprint density at radius 1 is 0.408 bits per heavy atom. The molecule has 4 saturated heterocycles. The largest absolute Gasteiger partial charge is 0.394 e. The van der Waals surface area contributed by atoms with Gasteiger partial charge in [-0.15, -0.1) is 0 Å². The number of ether oxygens (including phenoxy) is 7. The zero-order valence-corrected chi connectivity index (χ0v) is 41.2. The standard InChI is InChI=1S/C46H82N4O21/c1-5-6-7-8-9-10-11-12-13-14-15-16-17-18-30(58)50-32-36(60)35(59)26(19-51)66-44(32)70-41-28(21-53)68-46(34(38(41)62)49-25(4)57)71-42-29(22-54)67-45(33(39(42)63)48-24(3)56)69-40-27(20-52)65-43(64)31(37(40)61)47-23(2)55/h26-29,31-46,51-54,59-64H,5-22H2,1-4H3,(H,47,55)(H,48,56)(H,49,57)(H,50,58)/t26-,27-,28-,29-,31-,32-,33-,34-,35-,36-,37-,38-,39-,40-,41-,42-,43?,44+,45+,46+/m1/s1. The minimum absolute atomic E-state index is 0.0653. The molecular formula is C46H82N4O21. The van der Waals surface area contributed by atoms with Crippen LogP contribution in [0.5, 0.6) is 0 Å². The summed E-state index contributed by atoms with van der Waals surface area (Å²) in [5.41, 5.74) is 0. The average molecular weight is 1030 g/mol. The van der Waals surface area contributed by atoms with Gasteiger partial charge in [-0.2, -0.15) is 0 Å². The monoisotopic (exact) mass is 1030 g/mol. The Hall–Kier alpha value is -2.80. The lowest BCUT2D eigenvalue weighted by molar-refractivity contribution is -0.362. The molecule has 71 heavy (non-hydrogen) atoms.